The first-order valence-electron chi connectivity index (χ1n) is 11.0. The van der Waals surface area contributed by atoms with Crippen LogP contribution in [0.1, 0.15) is 18.3 Å². The normalized spacial score (nSPS) is 11.6. The number of rotatable bonds is 6. The number of fused-ring (bicyclic) bond motifs is 3. The van der Waals surface area contributed by atoms with Crippen LogP contribution in [0, 0.1) is 6.92 Å². The first-order valence-corrected chi connectivity index (χ1v) is 11.0. The van der Waals surface area contributed by atoms with Crippen LogP contribution < -0.4 is 10.4 Å². The fourth-order valence-corrected chi connectivity index (χ4v) is 4.34. The van der Waals surface area contributed by atoms with E-state index in [1.54, 1.807) is 42.8 Å². The van der Waals surface area contributed by atoms with Gasteiger partial charge in [0.2, 0.25) is 0 Å². The molecule has 0 N–H and O–H groups in total. The fourth-order valence-electron chi connectivity index (χ4n) is 4.34. The maximum absolute atomic E-state index is 13.3. The Balaban J connectivity index is 1.78. The molecule has 0 spiro atoms. The van der Waals surface area contributed by atoms with Crippen LogP contribution in [-0.4, -0.2) is 43.1 Å². The summed E-state index contributed by atoms with van der Waals surface area (Å²) in [6, 6.07) is 7.96. The quantitative estimate of drug-likeness (QED) is 0.386. The molecule has 0 aliphatic rings. The molecule has 0 radical (unpaired) electrons. The van der Waals surface area contributed by atoms with Crippen LogP contribution in [0.5, 0.6) is 5.75 Å². The number of methoxy groups -OCH3 is 2. The number of aromatic nitrogens is 6. The SMILES string of the molecule is CCn1cc(-n2c(=O)n(C)c3cnc4ccc(-c5cnc(COC)c(OC)c5)cc4c32)c(C)n1. The Labute approximate surface area is 196 Å². The van der Waals surface area contributed by atoms with E-state index in [0.717, 1.165) is 56.7 Å². The van der Waals surface area contributed by atoms with Crippen LogP contribution in [0.15, 0.2) is 47.7 Å². The van der Waals surface area contributed by atoms with E-state index in [4.69, 9.17) is 9.47 Å². The molecule has 0 aliphatic heterocycles. The summed E-state index contributed by atoms with van der Waals surface area (Å²) in [5.41, 5.74) is 6.35. The molecule has 0 aliphatic carbocycles. The Morgan fingerprint density at radius 1 is 1.06 bits per heavy atom. The van der Waals surface area contributed by atoms with Crippen molar-refractivity contribution < 1.29 is 9.47 Å². The van der Waals surface area contributed by atoms with Gasteiger partial charge >= 0.3 is 5.69 Å². The summed E-state index contributed by atoms with van der Waals surface area (Å²) >= 11 is 0. The van der Waals surface area contributed by atoms with Crippen LogP contribution >= 0.6 is 0 Å². The highest BCUT2D eigenvalue weighted by atomic mass is 16.5. The van der Waals surface area contributed by atoms with Crippen LogP contribution in [0.2, 0.25) is 0 Å². The molecule has 0 saturated heterocycles. The Kier molecular flexibility index (Phi) is 5.41. The summed E-state index contributed by atoms with van der Waals surface area (Å²) in [6.07, 6.45) is 5.47. The molecule has 174 valence electrons. The lowest BCUT2D eigenvalue weighted by molar-refractivity contribution is 0.178. The molecule has 9 nitrogen and oxygen atoms in total. The number of hydrogen-bond donors (Lipinski definition) is 0. The van der Waals surface area contributed by atoms with Gasteiger partial charge in [-0.25, -0.2) is 4.79 Å². The Morgan fingerprint density at radius 3 is 2.59 bits per heavy atom. The molecule has 0 amide bonds. The highest BCUT2D eigenvalue weighted by Gasteiger charge is 2.19. The molecule has 5 rings (SSSR count). The van der Waals surface area contributed by atoms with Crippen molar-refractivity contribution in [3.05, 3.63) is 64.7 Å². The van der Waals surface area contributed by atoms with Crippen LogP contribution in [0.25, 0.3) is 38.8 Å². The summed E-state index contributed by atoms with van der Waals surface area (Å²) in [5.74, 6) is 0.662. The molecule has 0 fully saturated rings. The van der Waals surface area contributed by atoms with Gasteiger partial charge in [-0.2, -0.15) is 5.10 Å². The average molecular weight is 459 g/mol. The molecule has 0 saturated carbocycles. The van der Waals surface area contributed by atoms with Gasteiger partial charge < -0.3 is 9.47 Å². The van der Waals surface area contributed by atoms with Gasteiger partial charge in [0.1, 0.15) is 11.4 Å². The molecule has 1 aromatic carbocycles. The molecule has 0 unspecified atom stereocenters. The summed E-state index contributed by atoms with van der Waals surface area (Å²) in [6.45, 7) is 5.03. The van der Waals surface area contributed by atoms with Crippen molar-refractivity contribution in [2.24, 2.45) is 7.05 Å². The number of aryl methyl sites for hydroxylation is 3. The minimum Gasteiger partial charge on any atom is -0.495 e. The van der Waals surface area contributed by atoms with Crippen molar-refractivity contribution in [3.63, 3.8) is 0 Å². The number of hydrogen-bond acceptors (Lipinski definition) is 6. The highest BCUT2D eigenvalue weighted by Crippen LogP contribution is 2.32. The van der Waals surface area contributed by atoms with Crippen molar-refractivity contribution in [2.75, 3.05) is 14.2 Å². The largest absolute Gasteiger partial charge is 0.495 e. The van der Waals surface area contributed by atoms with Gasteiger partial charge in [-0.15, -0.1) is 0 Å². The van der Waals surface area contributed by atoms with E-state index in [-0.39, 0.29) is 5.69 Å². The molecular formula is C25H26N6O3. The summed E-state index contributed by atoms with van der Waals surface area (Å²) in [4.78, 5) is 22.5. The maximum atomic E-state index is 13.3. The lowest BCUT2D eigenvalue weighted by Gasteiger charge is -2.11. The van der Waals surface area contributed by atoms with Gasteiger partial charge in [0, 0.05) is 44.0 Å². The van der Waals surface area contributed by atoms with Crippen LogP contribution in [-0.2, 0) is 24.9 Å². The predicted molar refractivity (Wildman–Crippen MR) is 131 cm³/mol. The zero-order valence-corrected chi connectivity index (χ0v) is 19.9. The van der Waals surface area contributed by atoms with Crippen molar-refractivity contribution >= 4 is 21.9 Å². The van der Waals surface area contributed by atoms with Crippen LogP contribution in [0.4, 0.5) is 0 Å². The average Bonchev–Trinajstić information content (AvgIpc) is 3.35. The molecule has 0 atom stereocenters. The summed E-state index contributed by atoms with van der Waals surface area (Å²) < 4.78 is 15.9. The third kappa shape index (κ3) is 3.36. The van der Waals surface area contributed by atoms with Gasteiger partial charge in [-0.05, 0) is 37.6 Å². The lowest BCUT2D eigenvalue weighted by Crippen LogP contribution is -2.21. The lowest BCUT2D eigenvalue weighted by atomic mass is 10.0. The molecule has 5 aromatic rings. The molecule has 0 bridgehead atoms. The van der Waals surface area contributed by atoms with Crippen LogP contribution in [0.3, 0.4) is 0 Å². The second kappa shape index (κ2) is 8.42. The number of ether oxygens (including phenoxy) is 2. The third-order valence-corrected chi connectivity index (χ3v) is 6.13. The minimum absolute atomic E-state index is 0.138. The van der Waals surface area contributed by atoms with Gasteiger partial charge in [0.15, 0.2) is 0 Å². The third-order valence-electron chi connectivity index (χ3n) is 6.13. The van der Waals surface area contributed by atoms with E-state index < -0.39 is 0 Å². The van der Waals surface area contributed by atoms with Crippen molar-refractivity contribution in [1.82, 2.24) is 28.9 Å². The highest BCUT2D eigenvalue weighted by molar-refractivity contribution is 6.04. The van der Waals surface area contributed by atoms with Gasteiger partial charge in [0.25, 0.3) is 0 Å². The number of imidazole rings is 1. The van der Waals surface area contributed by atoms with Gasteiger partial charge in [-0.3, -0.25) is 23.8 Å². The minimum atomic E-state index is -0.138. The predicted octanol–water partition coefficient (Wildman–Crippen LogP) is 3.62. The standard InChI is InChI=1S/C25H26N6O3/c1-6-30-13-22(15(2)28-30)31-24-18-9-16(17-10-23(34-5)20(14-33-4)26-11-17)7-8-19(18)27-12-21(24)29(3)25(31)32/h7-13H,6,14H2,1-5H3. The summed E-state index contributed by atoms with van der Waals surface area (Å²) in [7, 11) is 5.01. The number of nitrogens with zero attached hydrogens (tertiary/aromatic N) is 6. The maximum Gasteiger partial charge on any atom is 0.333 e. The van der Waals surface area contributed by atoms with Crippen molar-refractivity contribution in [1.29, 1.82) is 0 Å². The molecular weight excluding hydrogens is 432 g/mol. The van der Waals surface area contributed by atoms with Gasteiger partial charge in [-0.1, -0.05) is 6.07 Å². The zero-order valence-electron chi connectivity index (χ0n) is 19.9. The van der Waals surface area contributed by atoms with E-state index in [9.17, 15) is 4.79 Å². The second-order valence-electron chi connectivity index (χ2n) is 8.16. The smallest absolute Gasteiger partial charge is 0.333 e. The van der Waals surface area contributed by atoms with Crippen molar-refractivity contribution in [3.8, 4) is 22.6 Å². The molecule has 34 heavy (non-hydrogen) atoms. The Morgan fingerprint density at radius 2 is 1.88 bits per heavy atom. The molecule has 4 heterocycles. The first kappa shape index (κ1) is 21.8. The second-order valence-corrected chi connectivity index (χ2v) is 8.16. The first-order chi connectivity index (χ1) is 16.5. The van der Waals surface area contributed by atoms with E-state index >= 15 is 0 Å². The van der Waals surface area contributed by atoms with Crippen molar-refractivity contribution in [2.45, 2.75) is 27.0 Å². The fraction of sp³-hybridized carbons (Fsp3) is 0.280. The van der Waals surface area contributed by atoms with E-state index in [0.29, 0.717) is 12.4 Å². The Hall–Kier alpha value is -3.98. The van der Waals surface area contributed by atoms with E-state index in [1.807, 2.05) is 49.0 Å². The number of pyridine rings is 2. The molecule has 9 heteroatoms. The monoisotopic (exact) mass is 458 g/mol. The zero-order chi connectivity index (χ0) is 24.0. The summed E-state index contributed by atoms with van der Waals surface area (Å²) in [5, 5.41) is 5.42. The van der Waals surface area contributed by atoms with Gasteiger partial charge in [0.05, 0.1) is 47.8 Å². The molecule has 4 aromatic heterocycles. The van der Waals surface area contributed by atoms with E-state index in [1.165, 1.54) is 0 Å². The topological polar surface area (TPSA) is 89.0 Å². The number of benzene rings is 1. The Bertz CT molecular complexity index is 1590. The van der Waals surface area contributed by atoms with E-state index in [2.05, 4.69) is 15.1 Å².